The van der Waals surface area contributed by atoms with Crippen LogP contribution >= 0.6 is 38.0 Å². The molecule has 0 rings (SSSR count). The van der Waals surface area contributed by atoms with Gasteiger partial charge in [0.2, 0.25) is 0 Å². The van der Waals surface area contributed by atoms with Crippen molar-refractivity contribution in [3.8, 4) is 0 Å². The molecule has 0 aliphatic heterocycles. The molecule has 5 N–H and O–H groups in total. The first-order chi connectivity index (χ1) is 17.4. The van der Waals surface area contributed by atoms with Crippen molar-refractivity contribution in [1.82, 2.24) is 5.32 Å². The second-order valence-corrected chi connectivity index (χ2v) is 15.7. The molecule has 33 heteroatoms. The van der Waals surface area contributed by atoms with E-state index < -0.39 is 38.0 Å². The standard InChI is InChI=1S/C12H29N3.5CH5O3P.10Na/c13-9-5-1-3-7-11-15-12-8-4-2-6-10-14;5*1-5(2,3)4;;;;;;;;;;/h15H,1-14H2;5*1H3,(H2,2,3,4);;;;;;;;;;/q;;;;;;10*+1/p-10. The van der Waals surface area contributed by atoms with Gasteiger partial charge in [0.1, 0.15) is 0 Å². The molecule has 50 heavy (non-hydrogen) atoms. The molecule has 0 spiro atoms. The Morgan fingerprint density at radius 3 is 0.580 bits per heavy atom. The molecule has 18 nitrogen and oxygen atoms in total. The van der Waals surface area contributed by atoms with Gasteiger partial charge in [0, 0.05) is 0 Å². The minimum atomic E-state index is -4.14. The number of nitrogens with one attached hydrogen (secondary N) is 1. The largest absolute Gasteiger partial charge is 1.00 e. The van der Waals surface area contributed by atoms with Crippen molar-refractivity contribution in [2.45, 2.75) is 51.4 Å². The Bertz CT molecular complexity index is 628. The Hall–Kier alpha value is 10.6. The molecule has 0 saturated heterocycles. The molecular formula is C17H44N3Na10O15P5. The summed E-state index contributed by atoms with van der Waals surface area (Å²) in [7, 11) is -20.7. The SMILES string of the molecule is CP(=O)([O-])[O-].CP(=O)([O-])[O-].CP(=O)([O-])[O-].CP(=O)([O-])[O-].CP(=O)([O-])[O-].NCCCCCCNCCCCCCN.[Na+].[Na+].[Na+].[Na+].[Na+].[Na+].[Na+].[Na+].[Na+].[Na+]. The van der Waals surface area contributed by atoms with E-state index in [4.69, 9.17) is 83.2 Å². The molecule has 0 atom stereocenters. The molecule has 0 aromatic heterocycles. The fraction of sp³-hybridized carbons (Fsp3) is 1.00. The zero-order chi connectivity index (χ0) is 33.7. The molecule has 0 aliphatic carbocycles. The molecule has 0 saturated carbocycles. The van der Waals surface area contributed by atoms with Crippen LogP contribution in [-0.2, 0) is 22.8 Å². The van der Waals surface area contributed by atoms with Crippen LogP contribution < -0.4 is 361 Å². The fourth-order valence-corrected chi connectivity index (χ4v) is 1.62. The van der Waals surface area contributed by atoms with E-state index in [9.17, 15) is 0 Å². The summed E-state index contributed by atoms with van der Waals surface area (Å²) in [6.07, 6.45) is 10.2. The molecule has 0 aromatic carbocycles. The topological polar surface area (TPSA) is 380 Å². The van der Waals surface area contributed by atoms with Crippen molar-refractivity contribution < 1.29 is 367 Å². The monoisotopic (exact) mass is 915 g/mol. The summed E-state index contributed by atoms with van der Waals surface area (Å²) >= 11 is 0. The summed E-state index contributed by atoms with van der Waals surface area (Å²) in [4.78, 5) is 91.0. The molecule has 0 aliphatic rings. The van der Waals surface area contributed by atoms with Crippen LogP contribution in [0.1, 0.15) is 51.4 Å². The van der Waals surface area contributed by atoms with E-state index in [0.29, 0.717) is 33.3 Å². The predicted octanol–water partition coefficient (Wildman–Crippen LogP) is -35.7. The van der Waals surface area contributed by atoms with Crippen LogP contribution in [0.4, 0.5) is 0 Å². The second kappa shape index (κ2) is 71.3. The minimum Gasteiger partial charge on any atom is -0.811 e. The van der Waals surface area contributed by atoms with Gasteiger partial charge in [-0.3, -0.25) is 0 Å². The third kappa shape index (κ3) is 380. The van der Waals surface area contributed by atoms with E-state index in [2.05, 4.69) is 5.32 Å². The van der Waals surface area contributed by atoms with Crippen molar-refractivity contribution in [3.05, 3.63) is 0 Å². The normalized spacial score (nSPS) is 9.14. The minimum absolute atomic E-state index is 0. The van der Waals surface area contributed by atoms with Crippen molar-refractivity contribution >= 4 is 38.0 Å². The number of rotatable bonds is 12. The summed E-state index contributed by atoms with van der Waals surface area (Å²) < 4.78 is 45.5. The summed E-state index contributed by atoms with van der Waals surface area (Å²) in [5.74, 6) is 0. The van der Waals surface area contributed by atoms with Gasteiger partial charge < -0.3 is 88.5 Å². The molecular weight excluding hydrogens is 871 g/mol. The van der Waals surface area contributed by atoms with E-state index in [0.717, 1.165) is 13.1 Å². The van der Waals surface area contributed by atoms with E-state index in [1.807, 2.05) is 0 Å². The van der Waals surface area contributed by atoms with Crippen LogP contribution in [0.2, 0.25) is 0 Å². The summed E-state index contributed by atoms with van der Waals surface area (Å²) in [6, 6.07) is 0. The van der Waals surface area contributed by atoms with Crippen LogP contribution in [0, 0.1) is 0 Å². The Kier molecular flexibility index (Phi) is 154. The summed E-state index contributed by atoms with van der Waals surface area (Å²) in [6.45, 7) is 7.18. The van der Waals surface area contributed by atoms with Crippen molar-refractivity contribution in [2.24, 2.45) is 11.5 Å². The Morgan fingerprint density at radius 1 is 0.340 bits per heavy atom. The zero-order valence-electron chi connectivity index (χ0n) is 33.5. The van der Waals surface area contributed by atoms with Crippen LogP contribution in [0.25, 0.3) is 0 Å². The van der Waals surface area contributed by atoms with Crippen LogP contribution in [0.15, 0.2) is 0 Å². The average molecular weight is 915 g/mol. The molecule has 0 aromatic rings. The van der Waals surface area contributed by atoms with Crippen molar-refractivity contribution in [2.75, 3.05) is 59.5 Å². The van der Waals surface area contributed by atoms with Gasteiger partial charge in [0.15, 0.2) is 0 Å². The zero-order valence-corrected chi connectivity index (χ0v) is 58.0. The quantitative estimate of drug-likeness (QED) is 0.0929. The van der Waals surface area contributed by atoms with Crippen LogP contribution in [0.3, 0.4) is 0 Å². The van der Waals surface area contributed by atoms with E-state index in [-0.39, 0.29) is 296 Å². The molecule has 0 bridgehead atoms. The molecule has 252 valence electrons. The molecule has 0 radical (unpaired) electrons. The van der Waals surface area contributed by atoms with Crippen LogP contribution in [0.5, 0.6) is 0 Å². The van der Waals surface area contributed by atoms with Crippen molar-refractivity contribution in [3.63, 3.8) is 0 Å². The molecule has 0 amide bonds. The van der Waals surface area contributed by atoms with Gasteiger partial charge in [-0.2, -0.15) is 0 Å². The fourth-order valence-electron chi connectivity index (χ4n) is 1.62. The maximum atomic E-state index is 9.10. The molecule has 0 heterocycles. The maximum Gasteiger partial charge on any atom is 1.00 e. The van der Waals surface area contributed by atoms with Gasteiger partial charge in [0.25, 0.3) is 0 Å². The Morgan fingerprint density at radius 2 is 0.460 bits per heavy atom. The van der Waals surface area contributed by atoms with Gasteiger partial charge in [-0.05, 0) is 85.2 Å². The van der Waals surface area contributed by atoms with Gasteiger partial charge in [0.05, 0.1) is 0 Å². The Balaban J connectivity index is -0.0000000205. The third-order valence-corrected chi connectivity index (χ3v) is 2.62. The van der Waals surface area contributed by atoms with Crippen molar-refractivity contribution in [1.29, 1.82) is 0 Å². The van der Waals surface area contributed by atoms with Gasteiger partial charge in [-0.25, -0.2) is 0 Å². The Labute approximate surface area is 521 Å². The first kappa shape index (κ1) is 108. The van der Waals surface area contributed by atoms with Crippen LogP contribution in [-0.4, -0.2) is 59.5 Å². The number of hydrogen-bond donors (Lipinski definition) is 3. The number of hydrogen-bond acceptors (Lipinski definition) is 18. The first-order valence-electron chi connectivity index (χ1n) is 11.5. The smallest absolute Gasteiger partial charge is 0.811 e. The summed E-state index contributed by atoms with van der Waals surface area (Å²) in [5.41, 5.74) is 10.8. The second-order valence-electron chi connectivity index (χ2n) is 8.01. The van der Waals surface area contributed by atoms with Gasteiger partial charge in [-0.1, -0.05) is 63.7 Å². The molecule has 0 unspecified atom stereocenters. The third-order valence-electron chi connectivity index (χ3n) is 2.62. The predicted molar refractivity (Wildman–Crippen MR) is 136 cm³/mol. The average Bonchev–Trinajstić information content (AvgIpc) is 2.59. The number of unbranched alkanes of at least 4 members (excludes halogenated alkanes) is 6. The van der Waals surface area contributed by atoms with E-state index in [1.165, 1.54) is 64.5 Å². The van der Waals surface area contributed by atoms with E-state index in [1.54, 1.807) is 0 Å². The van der Waals surface area contributed by atoms with E-state index >= 15 is 0 Å². The van der Waals surface area contributed by atoms with Gasteiger partial charge in [-0.15, -0.1) is 0 Å². The summed E-state index contributed by atoms with van der Waals surface area (Å²) in [5, 5.41) is 3.48. The number of nitrogens with two attached hydrogens (primary N) is 2. The molecule has 0 fully saturated rings. The maximum absolute atomic E-state index is 9.10. The van der Waals surface area contributed by atoms with Gasteiger partial charge >= 0.3 is 296 Å². The first-order valence-corrected chi connectivity index (χ1v) is 21.4.